The maximum absolute atomic E-state index is 12.0. The average Bonchev–Trinajstić information content (AvgIpc) is 2.68. The number of halogens is 2. The van der Waals surface area contributed by atoms with Crippen molar-refractivity contribution >= 4 is 40.1 Å². The van der Waals surface area contributed by atoms with Gasteiger partial charge in [-0.3, -0.25) is 4.79 Å². The number of rotatable bonds is 2. The van der Waals surface area contributed by atoms with Gasteiger partial charge < -0.3 is 14.6 Å². The van der Waals surface area contributed by atoms with Gasteiger partial charge in [0.1, 0.15) is 17.1 Å². The van der Waals surface area contributed by atoms with Crippen LogP contribution >= 0.6 is 23.2 Å². The van der Waals surface area contributed by atoms with Crippen LogP contribution in [0.1, 0.15) is 15.9 Å². The van der Waals surface area contributed by atoms with Gasteiger partial charge in [0, 0.05) is 34.2 Å². The van der Waals surface area contributed by atoms with Crippen molar-refractivity contribution in [3.63, 3.8) is 0 Å². The van der Waals surface area contributed by atoms with Crippen molar-refractivity contribution in [2.45, 2.75) is 0 Å². The molecule has 29 heavy (non-hydrogen) atoms. The van der Waals surface area contributed by atoms with Gasteiger partial charge in [0.05, 0.1) is 15.6 Å². The molecule has 0 atom stereocenters. The SMILES string of the molecule is C#Cc1ccc(-c2c3cc(Cl)c(=O)cc-3oc3cc(O)c(Cl)cc23)c(C(=O)O)c1. The fraction of sp³-hybridized carbons (Fsp3) is 0. The fourth-order valence-electron chi connectivity index (χ4n) is 3.22. The van der Waals surface area contributed by atoms with E-state index >= 15 is 0 Å². The Kier molecular flexibility index (Phi) is 4.46. The van der Waals surface area contributed by atoms with Crippen LogP contribution in [0.15, 0.2) is 51.7 Å². The third-order valence-electron chi connectivity index (χ3n) is 4.53. The Morgan fingerprint density at radius 2 is 1.79 bits per heavy atom. The molecule has 0 unspecified atom stereocenters. The van der Waals surface area contributed by atoms with Crippen LogP contribution < -0.4 is 5.43 Å². The summed E-state index contributed by atoms with van der Waals surface area (Å²) in [5, 5.41) is 20.2. The number of carboxylic acid groups (broad SMARTS) is 1. The number of phenolic OH excluding ortho intramolecular Hbond substituents is 1. The highest BCUT2D eigenvalue weighted by molar-refractivity contribution is 6.33. The molecular weight excluding hydrogens is 415 g/mol. The number of benzene rings is 3. The molecule has 0 radical (unpaired) electrons. The van der Waals surface area contributed by atoms with E-state index in [1.165, 1.54) is 30.3 Å². The van der Waals surface area contributed by atoms with Gasteiger partial charge in [-0.15, -0.1) is 6.42 Å². The molecule has 142 valence electrons. The number of carboxylic acids is 1. The van der Waals surface area contributed by atoms with Crippen molar-refractivity contribution < 1.29 is 19.4 Å². The summed E-state index contributed by atoms with van der Waals surface area (Å²) in [4.78, 5) is 24.0. The molecule has 4 rings (SSSR count). The van der Waals surface area contributed by atoms with Gasteiger partial charge in [-0.25, -0.2) is 4.79 Å². The molecule has 2 aromatic rings. The first-order valence-electron chi connectivity index (χ1n) is 8.23. The number of hydrogen-bond donors (Lipinski definition) is 2. The molecule has 0 bridgehead atoms. The molecule has 2 N–H and O–H groups in total. The predicted molar refractivity (Wildman–Crippen MR) is 111 cm³/mol. The summed E-state index contributed by atoms with van der Waals surface area (Å²) in [7, 11) is 0. The zero-order chi connectivity index (χ0) is 20.9. The molecule has 0 spiro atoms. The number of phenols is 1. The van der Waals surface area contributed by atoms with E-state index in [9.17, 15) is 19.8 Å². The van der Waals surface area contributed by atoms with E-state index in [0.29, 0.717) is 27.6 Å². The molecule has 0 saturated heterocycles. The van der Waals surface area contributed by atoms with Gasteiger partial charge in [0.25, 0.3) is 0 Å². The average molecular weight is 425 g/mol. The molecule has 0 amide bonds. The molecule has 0 fully saturated rings. The molecule has 2 aliphatic rings. The topological polar surface area (TPSA) is 87.7 Å². The highest BCUT2D eigenvalue weighted by Gasteiger charge is 2.23. The molecule has 5 nitrogen and oxygen atoms in total. The lowest BCUT2D eigenvalue weighted by molar-refractivity contribution is 0.0697. The molecule has 7 heteroatoms. The zero-order valence-electron chi connectivity index (χ0n) is 14.5. The monoisotopic (exact) mass is 424 g/mol. The molecule has 2 aromatic carbocycles. The van der Waals surface area contributed by atoms with E-state index in [2.05, 4.69) is 5.92 Å². The highest BCUT2D eigenvalue weighted by Crippen LogP contribution is 2.44. The predicted octanol–water partition coefficient (Wildman–Crippen LogP) is 5.26. The number of fused-ring (bicyclic) bond motifs is 2. The maximum atomic E-state index is 12.0. The Bertz CT molecular complexity index is 1400. The number of aromatic hydroxyl groups is 1. The van der Waals surface area contributed by atoms with Gasteiger partial charge in [0.15, 0.2) is 0 Å². The number of hydrogen-bond acceptors (Lipinski definition) is 4. The molecule has 1 aliphatic carbocycles. The van der Waals surface area contributed by atoms with E-state index < -0.39 is 11.4 Å². The van der Waals surface area contributed by atoms with Crippen LogP contribution in [0.5, 0.6) is 5.75 Å². The number of aromatic carboxylic acids is 1. The first-order chi connectivity index (χ1) is 13.8. The van der Waals surface area contributed by atoms with Gasteiger partial charge >= 0.3 is 5.97 Å². The van der Waals surface area contributed by atoms with Crippen LogP contribution in [-0.4, -0.2) is 16.2 Å². The third kappa shape index (κ3) is 3.09. The Balaban J connectivity index is 2.25. The summed E-state index contributed by atoms with van der Waals surface area (Å²) in [6.45, 7) is 0. The number of carbonyl (C=O) groups is 1. The van der Waals surface area contributed by atoms with Crippen LogP contribution in [0.3, 0.4) is 0 Å². The van der Waals surface area contributed by atoms with Crippen LogP contribution in [0.4, 0.5) is 0 Å². The number of terminal acetylenes is 1. The van der Waals surface area contributed by atoms with Crippen molar-refractivity contribution in [3.05, 3.63) is 73.9 Å². The summed E-state index contributed by atoms with van der Waals surface area (Å²) in [5.74, 6) is 1.19. The second-order valence-corrected chi connectivity index (χ2v) is 7.08. The summed E-state index contributed by atoms with van der Waals surface area (Å²) >= 11 is 12.1. The van der Waals surface area contributed by atoms with E-state index in [1.807, 2.05) is 0 Å². The van der Waals surface area contributed by atoms with Gasteiger partial charge in [-0.1, -0.05) is 35.2 Å². The van der Waals surface area contributed by atoms with Gasteiger partial charge in [-0.2, -0.15) is 0 Å². The minimum atomic E-state index is -1.18. The van der Waals surface area contributed by atoms with Crippen molar-refractivity contribution in [2.24, 2.45) is 0 Å². The molecule has 0 saturated carbocycles. The molecule has 0 aromatic heterocycles. The molecule has 1 heterocycles. The van der Waals surface area contributed by atoms with Gasteiger partial charge in [0.2, 0.25) is 5.43 Å². The van der Waals surface area contributed by atoms with Crippen molar-refractivity contribution in [3.8, 4) is 40.5 Å². The highest BCUT2D eigenvalue weighted by atomic mass is 35.5. The summed E-state index contributed by atoms with van der Waals surface area (Å²) < 4.78 is 5.77. The lowest BCUT2D eigenvalue weighted by Gasteiger charge is -2.17. The maximum Gasteiger partial charge on any atom is 0.336 e. The van der Waals surface area contributed by atoms with E-state index in [-0.39, 0.29) is 32.7 Å². The fourth-order valence-corrected chi connectivity index (χ4v) is 3.55. The van der Waals surface area contributed by atoms with Crippen molar-refractivity contribution in [1.82, 2.24) is 0 Å². The quantitative estimate of drug-likeness (QED) is 0.338. The van der Waals surface area contributed by atoms with Crippen molar-refractivity contribution in [2.75, 3.05) is 0 Å². The Labute approximate surface area is 174 Å². The smallest absolute Gasteiger partial charge is 0.336 e. The second-order valence-electron chi connectivity index (χ2n) is 6.27. The van der Waals surface area contributed by atoms with Crippen LogP contribution in [0, 0.1) is 12.3 Å². The Hall–Kier alpha value is -3.46. The van der Waals surface area contributed by atoms with Gasteiger partial charge in [-0.05, 0) is 29.8 Å². The molecular formula is C22H10Cl2O5. The Morgan fingerprint density at radius 3 is 2.48 bits per heavy atom. The first kappa shape index (κ1) is 18.9. The van der Waals surface area contributed by atoms with Crippen LogP contribution in [-0.2, 0) is 0 Å². The lowest BCUT2D eigenvalue weighted by atomic mass is 9.90. The molecule has 1 aliphatic heterocycles. The summed E-state index contributed by atoms with van der Waals surface area (Å²) in [6, 6.07) is 9.95. The van der Waals surface area contributed by atoms with E-state index in [4.69, 9.17) is 34.0 Å². The Morgan fingerprint density at radius 1 is 1.03 bits per heavy atom. The largest absolute Gasteiger partial charge is 0.506 e. The zero-order valence-corrected chi connectivity index (χ0v) is 16.0. The normalized spacial score (nSPS) is 10.9. The van der Waals surface area contributed by atoms with Crippen LogP contribution in [0.2, 0.25) is 10.0 Å². The third-order valence-corrected chi connectivity index (χ3v) is 5.13. The van der Waals surface area contributed by atoms with Crippen LogP contribution in [0.25, 0.3) is 33.4 Å². The van der Waals surface area contributed by atoms with E-state index in [0.717, 1.165) is 0 Å². The lowest BCUT2D eigenvalue weighted by Crippen LogP contribution is -2.05. The summed E-state index contributed by atoms with van der Waals surface area (Å²) in [6.07, 6.45) is 5.41. The van der Waals surface area contributed by atoms with Crippen molar-refractivity contribution in [1.29, 1.82) is 0 Å². The minimum Gasteiger partial charge on any atom is -0.506 e. The summed E-state index contributed by atoms with van der Waals surface area (Å²) in [5.41, 5.74) is 1.31. The second kappa shape index (κ2) is 6.85. The minimum absolute atomic E-state index is 0.0410. The van der Waals surface area contributed by atoms with E-state index in [1.54, 1.807) is 12.1 Å². The standard InChI is InChI=1S/C22H10Cl2O5/c1-2-10-3-4-11(12(5-10)22(27)28)21-13-6-15(23)17(25)8-19(13)29-20-9-18(26)16(24)7-14(20)21/h1,3-9,25H,(H,27,28). The first-order valence-corrected chi connectivity index (χ1v) is 8.98.